The first-order valence-electron chi connectivity index (χ1n) is 7.29. The second-order valence-corrected chi connectivity index (χ2v) is 7.96. The second-order valence-electron chi connectivity index (χ2n) is 6.90. The third-order valence-electron chi connectivity index (χ3n) is 4.00. The highest BCUT2D eigenvalue weighted by Crippen LogP contribution is 2.36. The Labute approximate surface area is 126 Å². The van der Waals surface area contributed by atoms with Gasteiger partial charge in [-0.3, -0.25) is 0 Å². The lowest BCUT2D eigenvalue weighted by Crippen LogP contribution is -2.47. The molecule has 0 aromatic carbocycles. The molecule has 4 nitrogen and oxygen atoms in total. The summed E-state index contributed by atoms with van der Waals surface area (Å²) in [5.74, 6) is 0. The van der Waals surface area contributed by atoms with Crippen molar-refractivity contribution >= 4 is 16.5 Å². The van der Waals surface area contributed by atoms with Crippen molar-refractivity contribution in [2.24, 2.45) is 5.73 Å². The van der Waals surface area contributed by atoms with Crippen molar-refractivity contribution in [2.75, 3.05) is 25.1 Å². The van der Waals surface area contributed by atoms with Crippen molar-refractivity contribution in [1.82, 2.24) is 4.98 Å². The fourth-order valence-corrected chi connectivity index (χ4v) is 3.91. The largest absolute Gasteiger partial charge is 0.377 e. The number of piperidine rings is 1. The molecule has 1 saturated heterocycles. The van der Waals surface area contributed by atoms with Crippen molar-refractivity contribution in [3.63, 3.8) is 0 Å². The molecule has 5 heteroatoms. The van der Waals surface area contributed by atoms with Gasteiger partial charge < -0.3 is 15.4 Å². The maximum atomic E-state index is 5.90. The molecule has 1 unspecified atom stereocenters. The molecule has 1 aliphatic heterocycles. The van der Waals surface area contributed by atoms with E-state index in [1.165, 1.54) is 4.88 Å². The van der Waals surface area contributed by atoms with E-state index < -0.39 is 0 Å². The average molecular weight is 297 g/mol. The van der Waals surface area contributed by atoms with Crippen molar-refractivity contribution in [3.8, 4) is 0 Å². The van der Waals surface area contributed by atoms with Gasteiger partial charge >= 0.3 is 0 Å². The van der Waals surface area contributed by atoms with Crippen LogP contribution in [-0.2, 0) is 16.7 Å². The fraction of sp³-hybridized carbons (Fsp3) is 0.800. The third kappa shape index (κ3) is 3.15. The minimum atomic E-state index is -0.0608. The molecule has 1 aliphatic rings. The number of thiazole rings is 1. The number of anilines is 1. The van der Waals surface area contributed by atoms with Gasteiger partial charge in [0.25, 0.3) is 0 Å². The summed E-state index contributed by atoms with van der Waals surface area (Å²) in [7, 11) is 1.80. The summed E-state index contributed by atoms with van der Waals surface area (Å²) in [5.41, 5.74) is 7.02. The van der Waals surface area contributed by atoms with Crippen LogP contribution in [0.2, 0.25) is 0 Å². The summed E-state index contributed by atoms with van der Waals surface area (Å²) < 4.78 is 5.67. The average Bonchev–Trinajstić information content (AvgIpc) is 2.83. The minimum Gasteiger partial charge on any atom is -0.377 e. The third-order valence-corrected chi connectivity index (χ3v) is 5.14. The first kappa shape index (κ1) is 15.7. The number of hydrogen-bond acceptors (Lipinski definition) is 5. The van der Waals surface area contributed by atoms with Gasteiger partial charge in [0.05, 0.1) is 11.3 Å². The van der Waals surface area contributed by atoms with Crippen LogP contribution in [0.15, 0.2) is 0 Å². The lowest BCUT2D eigenvalue weighted by Gasteiger charge is -2.39. The minimum absolute atomic E-state index is 0.0454. The van der Waals surface area contributed by atoms with Crippen LogP contribution in [0.25, 0.3) is 0 Å². The van der Waals surface area contributed by atoms with Gasteiger partial charge in [0, 0.05) is 37.0 Å². The molecule has 1 fully saturated rings. The summed E-state index contributed by atoms with van der Waals surface area (Å²) >= 11 is 1.74. The van der Waals surface area contributed by atoms with Crippen LogP contribution in [0.3, 0.4) is 0 Å². The maximum Gasteiger partial charge on any atom is 0.185 e. The molecular formula is C15H27N3OS. The number of nitrogens with two attached hydrogens (primary N) is 1. The molecule has 2 heterocycles. The van der Waals surface area contributed by atoms with Gasteiger partial charge in [-0.15, -0.1) is 11.3 Å². The predicted molar refractivity (Wildman–Crippen MR) is 85.6 cm³/mol. The number of aromatic nitrogens is 1. The first-order valence-corrected chi connectivity index (χ1v) is 8.11. The fourth-order valence-electron chi connectivity index (χ4n) is 2.73. The zero-order valence-electron chi connectivity index (χ0n) is 13.3. The Hall–Kier alpha value is -0.650. The van der Waals surface area contributed by atoms with E-state index in [9.17, 15) is 0 Å². The second kappa shape index (κ2) is 5.62. The highest BCUT2D eigenvalue weighted by molar-refractivity contribution is 7.15. The van der Waals surface area contributed by atoms with E-state index in [2.05, 4.69) is 32.6 Å². The summed E-state index contributed by atoms with van der Waals surface area (Å²) in [6, 6.07) is 0. The number of rotatable bonds is 3. The molecule has 2 N–H and O–H groups in total. The maximum absolute atomic E-state index is 5.90. The van der Waals surface area contributed by atoms with Crippen LogP contribution in [0.5, 0.6) is 0 Å². The molecular weight excluding hydrogens is 270 g/mol. The number of hydrogen-bond donors (Lipinski definition) is 1. The molecule has 0 amide bonds. The first-order chi connectivity index (χ1) is 9.29. The Bertz CT molecular complexity index is 466. The molecule has 0 radical (unpaired) electrons. The van der Waals surface area contributed by atoms with Gasteiger partial charge in [-0.05, 0) is 19.8 Å². The zero-order valence-corrected chi connectivity index (χ0v) is 14.1. The highest BCUT2D eigenvalue weighted by Gasteiger charge is 2.33. The highest BCUT2D eigenvalue weighted by atomic mass is 32.1. The zero-order chi connectivity index (χ0) is 15.0. The monoisotopic (exact) mass is 297 g/mol. The molecule has 114 valence electrons. The van der Waals surface area contributed by atoms with Gasteiger partial charge in [0.15, 0.2) is 5.13 Å². The van der Waals surface area contributed by atoms with Crippen LogP contribution in [0.1, 0.15) is 51.1 Å². The predicted octanol–water partition coefficient (Wildman–Crippen LogP) is 2.90. The quantitative estimate of drug-likeness (QED) is 0.932. The van der Waals surface area contributed by atoms with E-state index in [0.29, 0.717) is 6.54 Å². The van der Waals surface area contributed by atoms with E-state index >= 15 is 0 Å². The van der Waals surface area contributed by atoms with Crippen molar-refractivity contribution in [1.29, 1.82) is 0 Å². The molecule has 20 heavy (non-hydrogen) atoms. The van der Waals surface area contributed by atoms with Crippen molar-refractivity contribution in [3.05, 3.63) is 10.6 Å². The van der Waals surface area contributed by atoms with E-state index in [0.717, 1.165) is 36.8 Å². The molecule has 1 atom stereocenters. The standard InChI is InChI=1S/C15H27N3OS/c1-14(2,3)12-11(9-16)20-13(17-12)18-8-6-7-15(4,10-18)19-5/h6-10,16H2,1-5H3. The molecule has 0 saturated carbocycles. The Balaban J connectivity index is 2.27. The topological polar surface area (TPSA) is 51.4 Å². The lowest BCUT2D eigenvalue weighted by atomic mass is 9.91. The van der Waals surface area contributed by atoms with Gasteiger partial charge in [-0.1, -0.05) is 20.8 Å². The number of nitrogens with zero attached hydrogens (tertiary/aromatic N) is 2. The van der Waals surface area contributed by atoms with Gasteiger partial charge in [0.1, 0.15) is 0 Å². The Morgan fingerprint density at radius 1 is 1.45 bits per heavy atom. The molecule has 1 aromatic rings. The van der Waals surface area contributed by atoms with E-state index in [1.807, 2.05) is 0 Å². The normalized spacial score (nSPS) is 24.2. The van der Waals surface area contributed by atoms with Gasteiger partial charge in [-0.25, -0.2) is 4.98 Å². The smallest absolute Gasteiger partial charge is 0.185 e. The van der Waals surface area contributed by atoms with Crippen LogP contribution in [0, 0.1) is 0 Å². The number of ether oxygens (including phenoxy) is 1. The van der Waals surface area contributed by atoms with Crippen molar-refractivity contribution in [2.45, 2.75) is 58.1 Å². The van der Waals surface area contributed by atoms with E-state index in [4.69, 9.17) is 15.5 Å². The Morgan fingerprint density at radius 2 is 2.15 bits per heavy atom. The molecule has 0 bridgehead atoms. The Morgan fingerprint density at radius 3 is 2.65 bits per heavy atom. The van der Waals surface area contributed by atoms with Gasteiger partial charge in [0.2, 0.25) is 0 Å². The molecule has 0 aliphatic carbocycles. The molecule has 0 spiro atoms. The van der Waals surface area contributed by atoms with Crippen LogP contribution < -0.4 is 10.6 Å². The molecule has 1 aromatic heterocycles. The lowest BCUT2D eigenvalue weighted by molar-refractivity contribution is -0.00466. The molecule has 2 rings (SSSR count). The summed E-state index contributed by atoms with van der Waals surface area (Å²) in [6.07, 6.45) is 2.26. The summed E-state index contributed by atoms with van der Waals surface area (Å²) in [6.45, 7) is 11.3. The van der Waals surface area contributed by atoms with Crippen LogP contribution in [0.4, 0.5) is 5.13 Å². The van der Waals surface area contributed by atoms with E-state index in [-0.39, 0.29) is 11.0 Å². The summed E-state index contributed by atoms with van der Waals surface area (Å²) in [5, 5.41) is 1.10. The van der Waals surface area contributed by atoms with E-state index in [1.54, 1.807) is 18.4 Å². The van der Waals surface area contributed by atoms with Crippen molar-refractivity contribution < 1.29 is 4.74 Å². The SMILES string of the molecule is COC1(C)CCCN(c2nc(C(C)(C)C)c(CN)s2)C1. The Kier molecular flexibility index (Phi) is 4.42. The van der Waals surface area contributed by atoms with Crippen LogP contribution >= 0.6 is 11.3 Å². The van der Waals surface area contributed by atoms with Crippen LogP contribution in [-0.4, -0.2) is 30.8 Å². The summed E-state index contributed by atoms with van der Waals surface area (Å²) in [4.78, 5) is 8.44. The number of methoxy groups -OCH3 is 1. The van der Waals surface area contributed by atoms with Gasteiger partial charge in [-0.2, -0.15) is 0 Å².